The first-order chi connectivity index (χ1) is 12.0. The lowest BCUT2D eigenvalue weighted by Gasteiger charge is -2.12. The van der Waals surface area contributed by atoms with E-state index in [4.69, 9.17) is 16.2 Å². The van der Waals surface area contributed by atoms with Gasteiger partial charge in [-0.15, -0.1) is 0 Å². The van der Waals surface area contributed by atoms with Gasteiger partial charge in [0.1, 0.15) is 17.2 Å². The zero-order valence-corrected chi connectivity index (χ0v) is 14.2. The number of benzene rings is 1. The SMILES string of the molecule is Cc1nonc1Cc1nc2c(ncn2C)c(=O)n1-c1ccc(Cl)cc1. The van der Waals surface area contributed by atoms with Crippen LogP contribution in [0, 0.1) is 6.92 Å². The summed E-state index contributed by atoms with van der Waals surface area (Å²) >= 11 is 5.96. The summed E-state index contributed by atoms with van der Waals surface area (Å²) in [6.45, 7) is 1.79. The molecule has 0 aliphatic carbocycles. The van der Waals surface area contributed by atoms with Crippen molar-refractivity contribution in [2.75, 3.05) is 0 Å². The molecule has 0 fully saturated rings. The van der Waals surface area contributed by atoms with Crippen LogP contribution in [0.25, 0.3) is 16.9 Å². The van der Waals surface area contributed by atoms with E-state index >= 15 is 0 Å². The summed E-state index contributed by atoms with van der Waals surface area (Å²) < 4.78 is 7.98. The number of aryl methyl sites for hydroxylation is 2. The molecule has 4 aromatic rings. The molecular formula is C16H13ClN6O2. The molecule has 0 atom stereocenters. The molecule has 0 amide bonds. The largest absolute Gasteiger partial charge is 0.318 e. The van der Waals surface area contributed by atoms with Gasteiger partial charge in [-0.1, -0.05) is 21.9 Å². The molecule has 0 unspecified atom stereocenters. The molecule has 0 radical (unpaired) electrons. The average Bonchev–Trinajstić information content (AvgIpc) is 3.16. The first-order valence-electron chi connectivity index (χ1n) is 7.51. The Morgan fingerprint density at radius 1 is 1.20 bits per heavy atom. The van der Waals surface area contributed by atoms with Crippen LogP contribution in [-0.2, 0) is 13.5 Å². The Morgan fingerprint density at radius 3 is 2.64 bits per heavy atom. The molecule has 4 rings (SSSR count). The minimum atomic E-state index is -0.253. The summed E-state index contributed by atoms with van der Waals surface area (Å²) in [4.78, 5) is 21.8. The zero-order valence-electron chi connectivity index (χ0n) is 13.5. The maximum atomic E-state index is 13.0. The number of halogens is 1. The molecule has 3 aromatic heterocycles. The fourth-order valence-electron chi connectivity index (χ4n) is 2.64. The molecule has 0 aliphatic heterocycles. The first-order valence-corrected chi connectivity index (χ1v) is 7.89. The van der Waals surface area contributed by atoms with Crippen LogP contribution in [0.4, 0.5) is 0 Å². The molecule has 0 saturated heterocycles. The van der Waals surface area contributed by atoms with Crippen molar-refractivity contribution >= 4 is 22.8 Å². The molecule has 0 bridgehead atoms. The second kappa shape index (κ2) is 5.82. The van der Waals surface area contributed by atoms with Gasteiger partial charge in [-0.25, -0.2) is 14.6 Å². The topological polar surface area (TPSA) is 91.6 Å². The third-order valence-corrected chi connectivity index (χ3v) is 4.21. The first kappa shape index (κ1) is 15.5. The van der Waals surface area contributed by atoms with Crippen LogP contribution in [0.15, 0.2) is 40.0 Å². The van der Waals surface area contributed by atoms with E-state index in [0.717, 1.165) is 0 Å². The van der Waals surface area contributed by atoms with Crippen LogP contribution in [0.1, 0.15) is 17.2 Å². The van der Waals surface area contributed by atoms with Crippen LogP contribution >= 0.6 is 11.6 Å². The van der Waals surface area contributed by atoms with Crippen molar-refractivity contribution in [3.63, 3.8) is 0 Å². The van der Waals surface area contributed by atoms with Crippen LogP contribution in [0.3, 0.4) is 0 Å². The molecule has 0 saturated carbocycles. The van der Waals surface area contributed by atoms with Gasteiger partial charge in [-0.2, -0.15) is 0 Å². The molecular weight excluding hydrogens is 344 g/mol. The standard InChI is InChI=1S/C16H13ClN6O2/c1-9-12(21-25-20-9)7-13-19-15-14(18-8-22(15)2)16(24)23(13)11-5-3-10(17)4-6-11/h3-6,8H,7H2,1-2H3. The Bertz CT molecular complexity index is 1130. The molecule has 1 aromatic carbocycles. The monoisotopic (exact) mass is 356 g/mol. The van der Waals surface area contributed by atoms with Gasteiger partial charge in [-0.3, -0.25) is 9.36 Å². The summed E-state index contributed by atoms with van der Waals surface area (Å²) in [5.41, 5.74) is 2.49. The summed E-state index contributed by atoms with van der Waals surface area (Å²) in [5.74, 6) is 0.516. The molecule has 126 valence electrons. The molecule has 0 N–H and O–H groups in total. The van der Waals surface area contributed by atoms with Crippen LogP contribution < -0.4 is 5.56 Å². The van der Waals surface area contributed by atoms with Crippen molar-refractivity contribution in [2.45, 2.75) is 13.3 Å². The fourth-order valence-corrected chi connectivity index (χ4v) is 2.76. The van der Waals surface area contributed by atoms with Gasteiger partial charge in [0, 0.05) is 12.1 Å². The number of rotatable bonds is 3. The number of hydrogen-bond donors (Lipinski definition) is 0. The third kappa shape index (κ3) is 2.60. The molecule has 9 heteroatoms. The molecule has 25 heavy (non-hydrogen) atoms. The summed E-state index contributed by atoms with van der Waals surface area (Å²) in [6, 6.07) is 6.96. The average molecular weight is 357 g/mol. The second-order valence-corrected chi connectivity index (χ2v) is 6.08. The van der Waals surface area contributed by atoms with Crippen molar-refractivity contribution in [3.05, 3.63) is 63.2 Å². The van der Waals surface area contributed by atoms with Crippen LogP contribution in [0.2, 0.25) is 5.02 Å². The van der Waals surface area contributed by atoms with E-state index in [1.165, 1.54) is 4.57 Å². The van der Waals surface area contributed by atoms with E-state index in [1.54, 1.807) is 49.1 Å². The van der Waals surface area contributed by atoms with Gasteiger partial charge in [0.15, 0.2) is 11.2 Å². The van der Waals surface area contributed by atoms with Crippen LogP contribution in [-0.4, -0.2) is 29.4 Å². The highest BCUT2D eigenvalue weighted by atomic mass is 35.5. The minimum Gasteiger partial charge on any atom is -0.318 e. The Labute approximate surface area is 146 Å². The van der Waals surface area contributed by atoms with E-state index in [-0.39, 0.29) is 5.56 Å². The molecule has 8 nitrogen and oxygen atoms in total. The Morgan fingerprint density at radius 2 is 1.96 bits per heavy atom. The lowest BCUT2D eigenvalue weighted by atomic mass is 10.2. The van der Waals surface area contributed by atoms with E-state index in [1.807, 2.05) is 0 Å². The van der Waals surface area contributed by atoms with Crippen LogP contribution in [0.5, 0.6) is 0 Å². The summed E-state index contributed by atoms with van der Waals surface area (Å²) in [7, 11) is 1.79. The summed E-state index contributed by atoms with van der Waals surface area (Å²) in [6.07, 6.45) is 1.87. The van der Waals surface area contributed by atoms with E-state index < -0.39 is 0 Å². The van der Waals surface area contributed by atoms with Crippen molar-refractivity contribution in [2.24, 2.45) is 7.05 Å². The van der Waals surface area contributed by atoms with Crippen molar-refractivity contribution in [3.8, 4) is 5.69 Å². The quantitative estimate of drug-likeness (QED) is 0.558. The maximum Gasteiger partial charge on any atom is 0.286 e. The molecule has 0 spiro atoms. The Balaban J connectivity index is 1.99. The smallest absolute Gasteiger partial charge is 0.286 e. The van der Waals surface area contributed by atoms with E-state index in [9.17, 15) is 4.79 Å². The predicted octanol–water partition coefficient (Wildman–Crippen LogP) is 2.05. The number of nitrogens with zero attached hydrogens (tertiary/aromatic N) is 6. The third-order valence-electron chi connectivity index (χ3n) is 3.96. The summed E-state index contributed by atoms with van der Waals surface area (Å²) in [5, 5.41) is 8.26. The van der Waals surface area contributed by atoms with Gasteiger partial charge >= 0.3 is 0 Å². The van der Waals surface area contributed by atoms with Gasteiger partial charge in [0.2, 0.25) is 0 Å². The Kier molecular flexibility index (Phi) is 3.61. The lowest BCUT2D eigenvalue weighted by Crippen LogP contribution is -2.24. The normalized spacial score (nSPS) is 11.3. The zero-order chi connectivity index (χ0) is 17.6. The van der Waals surface area contributed by atoms with Gasteiger partial charge in [0.25, 0.3) is 5.56 Å². The lowest BCUT2D eigenvalue weighted by molar-refractivity contribution is 0.301. The highest BCUT2D eigenvalue weighted by Crippen LogP contribution is 2.17. The second-order valence-electron chi connectivity index (χ2n) is 5.65. The van der Waals surface area contributed by atoms with Crippen molar-refractivity contribution < 1.29 is 4.63 Å². The van der Waals surface area contributed by atoms with Gasteiger partial charge < -0.3 is 4.57 Å². The van der Waals surface area contributed by atoms with Gasteiger partial charge in [0.05, 0.1) is 18.4 Å². The van der Waals surface area contributed by atoms with Crippen molar-refractivity contribution in [1.82, 2.24) is 29.4 Å². The minimum absolute atomic E-state index is 0.253. The molecule has 0 aliphatic rings. The van der Waals surface area contributed by atoms with E-state index in [0.29, 0.717) is 45.5 Å². The maximum absolute atomic E-state index is 13.0. The Hall–Kier alpha value is -3.00. The number of imidazole rings is 1. The molecule has 3 heterocycles. The number of fused-ring (bicyclic) bond motifs is 1. The predicted molar refractivity (Wildman–Crippen MR) is 91.0 cm³/mol. The highest BCUT2D eigenvalue weighted by Gasteiger charge is 2.18. The fraction of sp³-hybridized carbons (Fsp3) is 0.188. The van der Waals surface area contributed by atoms with Gasteiger partial charge in [-0.05, 0) is 31.2 Å². The number of aromatic nitrogens is 6. The number of hydrogen-bond acceptors (Lipinski definition) is 6. The highest BCUT2D eigenvalue weighted by molar-refractivity contribution is 6.30. The van der Waals surface area contributed by atoms with E-state index in [2.05, 4.69) is 20.3 Å². The van der Waals surface area contributed by atoms with Crippen molar-refractivity contribution in [1.29, 1.82) is 0 Å².